The molecule has 186 valence electrons. The van der Waals surface area contributed by atoms with Gasteiger partial charge in [0.1, 0.15) is 11.5 Å². The van der Waals surface area contributed by atoms with E-state index in [1.165, 1.54) is 42.3 Å². The van der Waals surface area contributed by atoms with Crippen LogP contribution in [-0.2, 0) is 9.59 Å². The molecule has 1 heterocycles. The van der Waals surface area contributed by atoms with Gasteiger partial charge in [0.25, 0.3) is 17.4 Å². The molecule has 2 aromatic rings. The number of hydrogen-bond donors (Lipinski definition) is 1. The summed E-state index contributed by atoms with van der Waals surface area (Å²) in [4.78, 5) is 40.6. The molecule has 1 N–H and O–H groups in total. The van der Waals surface area contributed by atoms with Crippen molar-refractivity contribution in [1.82, 2.24) is 9.80 Å². The van der Waals surface area contributed by atoms with Crippen molar-refractivity contribution in [3.8, 4) is 5.75 Å². The monoisotopic (exact) mass is 501 g/mol. The van der Waals surface area contributed by atoms with Gasteiger partial charge >= 0.3 is 0 Å². The molecule has 3 rings (SSSR count). The molecule has 10 heteroatoms. The number of nitro groups is 1. The van der Waals surface area contributed by atoms with Crippen LogP contribution >= 0.6 is 11.6 Å². The number of benzene rings is 2. The van der Waals surface area contributed by atoms with Crippen molar-refractivity contribution in [2.24, 2.45) is 0 Å². The van der Waals surface area contributed by atoms with Gasteiger partial charge in [0.2, 0.25) is 0 Å². The highest BCUT2D eigenvalue weighted by atomic mass is 35.5. The fraction of sp³-hybridized carbons (Fsp3) is 0.360. The standard InChI is InChI=1S/C25H28ClN3O6/c1-4-27(5-2)12-7-13-28-22(16-8-6-9-18(14-16)29(33)34)21(24(31)25(28)32)23(30)17-10-11-20(35-3)19(26)15-17/h6,8-11,14-15,22,30H,4-5,7,12-13H2,1-3H3/b23-21+. The van der Waals surface area contributed by atoms with Gasteiger partial charge in [0.15, 0.2) is 0 Å². The number of hydrogen-bond acceptors (Lipinski definition) is 7. The van der Waals surface area contributed by atoms with Crippen molar-refractivity contribution in [1.29, 1.82) is 0 Å². The first-order valence-corrected chi connectivity index (χ1v) is 11.7. The summed E-state index contributed by atoms with van der Waals surface area (Å²) in [7, 11) is 1.45. The Labute approximate surface area is 208 Å². The van der Waals surface area contributed by atoms with Gasteiger partial charge in [-0.15, -0.1) is 0 Å². The number of methoxy groups -OCH3 is 1. The second-order valence-corrected chi connectivity index (χ2v) is 8.48. The van der Waals surface area contributed by atoms with E-state index in [0.29, 0.717) is 24.3 Å². The number of amides is 1. The molecule has 0 aromatic heterocycles. The minimum Gasteiger partial charge on any atom is -0.507 e. The van der Waals surface area contributed by atoms with E-state index in [1.807, 2.05) is 13.8 Å². The van der Waals surface area contributed by atoms with Gasteiger partial charge in [0.05, 0.1) is 28.7 Å². The lowest BCUT2D eigenvalue weighted by Crippen LogP contribution is -2.33. The zero-order valence-corrected chi connectivity index (χ0v) is 20.6. The minimum absolute atomic E-state index is 0.139. The topological polar surface area (TPSA) is 113 Å². The Morgan fingerprint density at radius 1 is 1.20 bits per heavy atom. The van der Waals surface area contributed by atoms with Gasteiger partial charge in [-0.05, 0) is 49.8 Å². The molecule has 1 aliphatic heterocycles. The van der Waals surface area contributed by atoms with Gasteiger partial charge in [-0.25, -0.2) is 0 Å². The summed E-state index contributed by atoms with van der Waals surface area (Å²) in [6, 6.07) is 9.28. The van der Waals surface area contributed by atoms with E-state index in [4.69, 9.17) is 16.3 Å². The third-order valence-corrected chi connectivity index (χ3v) is 6.43. The number of aliphatic hydroxyl groups excluding tert-OH is 1. The van der Waals surface area contributed by atoms with Crippen molar-refractivity contribution in [2.75, 3.05) is 33.3 Å². The highest BCUT2D eigenvalue weighted by Gasteiger charge is 2.46. The van der Waals surface area contributed by atoms with Crippen LogP contribution in [0.5, 0.6) is 5.75 Å². The summed E-state index contributed by atoms with van der Waals surface area (Å²) in [6.45, 7) is 6.74. The fourth-order valence-corrected chi connectivity index (χ4v) is 4.50. The largest absolute Gasteiger partial charge is 0.507 e. The number of halogens is 1. The van der Waals surface area contributed by atoms with Crippen molar-refractivity contribution in [2.45, 2.75) is 26.3 Å². The normalized spacial score (nSPS) is 17.3. The lowest BCUT2D eigenvalue weighted by Gasteiger charge is -2.26. The van der Waals surface area contributed by atoms with Crippen LogP contribution in [0.1, 0.15) is 37.4 Å². The molecule has 0 radical (unpaired) electrons. The summed E-state index contributed by atoms with van der Waals surface area (Å²) in [6.07, 6.45) is 0.592. The number of nitro benzene ring substituents is 1. The Morgan fingerprint density at radius 2 is 1.91 bits per heavy atom. The average molecular weight is 502 g/mol. The van der Waals surface area contributed by atoms with Crippen molar-refractivity contribution in [3.05, 3.63) is 74.3 Å². The van der Waals surface area contributed by atoms with E-state index in [-0.39, 0.29) is 28.4 Å². The molecule has 35 heavy (non-hydrogen) atoms. The zero-order chi connectivity index (χ0) is 25.7. The molecule has 1 aliphatic rings. The molecular formula is C25H28ClN3O6. The maximum atomic E-state index is 13.1. The maximum absolute atomic E-state index is 13.1. The Kier molecular flexibility index (Phi) is 8.48. The first-order valence-electron chi connectivity index (χ1n) is 11.3. The first-order chi connectivity index (χ1) is 16.7. The van der Waals surface area contributed by atoms with E-state index in [1.54, 1.807) is 12.1 Å². The summed E-state index contributed by atoms with van der Waals surface area (Å²) < 4.78 is 5.14. The Bertz CT molecular complexity index is 1160. The van der Waals surface area contributed by atoms with Crippen molar-refractivity contribution in [3.63, 3.8) is 0 Å². The highest BCUT2D eigenvalue weighted by Crippen LogP contribution is 2.41. The minimum atomic E-state index is -0.979. The smallest absolute Gasteiger partial charge is 0.295 e. The van der Waals surface area contributed by atoms with E-state index in [0.717, 1.165) is 13.1 Å². The van der Waals surface area contributed by atoms with E-state index >= 15 is 0 Å². The Balaban J connectivity index is 2.10. The van der Waals surface area contributed by atoms with E-state index in [9.17, 15) is 24.8 Å². The molecule has 1 unspecified atom stereocenters. The van der Waals surface area contributed by atoms with Crippen LogP contribution < -0.4 is 4.74 Å². The number of carbonyl (C=O) groups excluding carboxylic acids is 2. The summed E-state index contributed by atoms with van der Waals surface area (Å²) >= 11 is 6.21. The summed E-state index contributed by atoms with van der Waals surface area (Å²) in [5.74, 6) is -1.64. The number of Topliss-reactive ketones (excluding diaryl/α,β-unsaturated/α-hetero) is 1. The molecule has 1 saturated heterocycles. The SMILES string of the molecule is CCN(CC)CCCN1C(=O)C(=O)/C(=C(/O)c2ccc(OC)c(Cl)c2)C1c1cccc([N+](=O)[O-])c1. The zero-order valence-electron chi connectivity index (χ0n) is 19.9. The van der Waals surface area contributed by atoms with Gasteiger partial charge in [-0.1, -0.05) is 37.6 Å². The Morgan fingerprint density at radius 3 is 2.51 bits per heavy atom. The number of likely N-dealkylation sites (tertiary alicyclic amines) is 1. The average Bonchev–Trinajstić information content (AvgIpc) is 3.11. The van der Waals surface area contributed by atoms with Crippen molar-refractivity contribution < 1.29 is 24.4 Å². The van der Waals surface area contributed by atoms with Crippen LogP contribution in [0.2, 0.25) is 5.02 Å². The van der Waals surface area contributed by atoms with Gasteiger partial charge in [0, 0.05) is 24.2 Å². The van der Waals surface area contributed by atoms with E-state index < -0.39 is 28.4 Å². The lowest BCUT2D eigenvalue weighted by molar-refractivity contribution is -0.384. The van der Waals surface area contributed by atoms with Crippen LogP contribution in [0.4, 0.5) is 5.69 Å². The Hall–Kier alpha value is -3.43. The van der Waals surface area contributed by atoms with E-state index in [2.05, 4.69) is 4.90 Å². The molecule has 0 bridgehead atoms. The van der Waals surface area contributed by atoms with Crippen molar-refractivity contribution >= 4 is 34.7 Å². The first kappa shape index (κ1) is 26.2. The van der Waals surface area contributed by atoms with Gasteiger partial charge < -0.3 is 19.6 Å². The van der Waals surface area contributed by atoms with Crippen LogP contribution in [0.15, 0.2) is 48.0 Å². The number of ketones is 1. The van der Waals surface area contributed by atoms with Gasteiger partial charge in [-0.3, -0.25) is 19.7 Å². The molecule has 0 saturated carbocycles. The predicted octanol–water partition coefficient (Wildman–Crippen LogP) is 4.41. The summed E-state index contributed by atoms with van der Waals surface area (Å²) in [5, 5.41) is 22.8. The molecule has 1 fully saturated rings. The quantitative estimate of drug-likeness (QED) is 0.169. The number of non-ortho nitro benzene ring substituents is 1. The lowest BCUT2D eigenvalue weighted by atomic mass is 9.95. The van der Waals surface area contributed by atoms with Crippen LogP contribution in [0, 0.1) is 10.1 Å². The number of ether oxygens (including phenoxy) is 1. The third-order valence-electron chi connectivity index (χ3n) is 6.13. The number of rotatable bonds is 10. The van der Waals surface area contributed by atoms with Crippen LogP contribution in [-0.4, -0.2) is 64.8 Å². The number of carbonyl (C=O) groups is 2. The van der Waals surface area contributed by atoms with Gasteiger partial charge in [-0.2, -0.15) is 0 Å². The molecule has 1 atom stereocenters. The predicted molar refractivity (Wildman–Crippen MR) is 133 cm³/mol. The molecule has 9 nitrogen and oxygen atoms in total. The molecule has 0 spiro atoms. The number of nitrogens with zero attached hydrogens (tertiary/aromatic N) is 3. The third kappa shape index (κ3) is 5.47. The highest BCUT2D eigenvalue weighted by molar-refractivity contribution is 6.46. The second kappa shape index (κ2) is 11.3. The van der Waals surface area contributed by atoms with Crippen LogP contribution in [0.3, 0.4) is 0 Å². The summed E-state index contributed by atoms with van der Waals surface area (Å²) in [5.41, 5.74) is 0.276. The molecule has 1 amide bonds. The van der Waals surface area contributed by atoms with Crippen LogP contribution in [0.25, 0.3) is 5.76 Å². The molecule has 2 aromatic carbocycles. The maximum Gasteiger partial charge on any atom is 0.295 e. The molecular weight excluding hydrogens is 474 g/mol. The molecule has 0 aliphatic carbocycles. The second-order valence-electron chi connectivity index (χ2n) is 8.07. The fourth-order valence-electron chi connectivity index (χ4n) is 4.24. The number of aliphatic hydroxyl groups is 1.